The predicted molar refractivity (Wildman–Crippen MR) is 137 cm³/mol. The van der Waals surface area contributed by atoms with Crippen molar-refractivity contribution in [2.24, 2.45) is 0 Å². The number of benzene rings is 2. The van der Waals surface area contributed by atoms with Crippen molar-refractivity contribution in [2.45, 2.75) is 37.8 Å². The lowest BCUT2D eigenvalue weighted by Crippen LogP contribution is -2.49. The number of para-hydroxylation sites is 1. The molecule has 2 aromatic carbocycles. The minimum absolute atomic E-state index is 0.0851. The summed E-state index contributed by atoms with van der Waals surface area (Å²) in [6.07, 6.45) is 4.00. The minimum atomic E-state index is -0.931. The quantitative estimate of drug-likeness (QED) is 0.467. The van der Waals surface area contributed by atoms with Gasteiger partial charge in [0.1, 0.15) is 11.8 Å². The molecule has 0 saturated heterocycles. The number of carbonyl (C=O) groups excluding carboxylic acids is 3. The molecule has 1 aromatic heterocycles. The smallest absolute Gasteiger partial charge is 0.261 e. The average Bonchev–Trinajstić information content (AvgIpc) is 3.61. The molecule has 2 N–H and O–H groups in total. The van der Waals surface area contributed by atoms with Crippen molar-refractivity contribution in [3.05, 3.63) is 82.6 Å². The number of amides is 3. The maximum absolute atomic E-state index is 13.7. The molecule has 1 saturated carbocycles. The van der Waals surface area contributed by atoms with Gasteiger partial charge in [0.15, 0.2) is 0 Å². The Balaban J connectivity index is 1.68. The molecule has 0 aliphatic heterocycles. The first-order valence-electron chi connectivity index (χ1n) is 11.7. The number of anilines is 1. The second kappa shape index (κ2) is 11.7. The van der Waals surface area contributed by atoms with E-state index in [9.17, 15) is 14.4 Å². The van der Waals surface area contributed by atoms with Gasteiger partial charge in [-0.2, -0.15) is 0 Å². The highest BCUT2D eigenvalue weighted by molar-refractivity contribution is 7.12. The second-order valence-corrected chi connectivity index (χ2v) is 9.38. The summed E-state index contributed by atoms with van der Waals surface area (Å²) in [6.45, 7) is -0.247. The Morgan fingerprint density at radius 3 is 2.49 bits per heavy atom. The van der Waals surface area contributed by atoms with Gasteiger partial charge in [-0.25, -0.2) is 0 Å². The summed E-state index contributed by atoms with van der Waals surface area (Å²) in [5.41, 5.74) is 1.19. The molecule has 3 amide bonds. The van der Waals surface area contributed by atoms with Crippen molar-refractivity contribution in [2.75, 3.05) is 18.6 Å². The highest BCUT2D eigenvalue weighted by atomic mass is 32.1. The van der Waals surface area contributed by atoms with E-state index in [0.717, 1.165) is 25.7 Å². The first-order valence-corrected chi connectivity index (χ1v) is 12.6. The van der Waals surface area contributed by atoms with Crippen LogP contribution < -0.4 is 20.3 Å². The molecular weight excluding hydrogens is 462 g/mol. The lowest BCUT2D eigenvalue weighted by atomic mass is 10.0. The van der Waals surface area contributed by atoms with E-state index in [2.05, 4.69) is 10.6 Å². The number of nitrogens with zero attached hydrogens (tertiary/aromatic N) is 1. The number of rotatable bonds is 9. The van der Waals surface area contributed by atoms with Crippen molar-refractivity contribution in [3.63, 3.8) is 0 Å². The van der Waals surface area contributed by atoms with Crippen LogP contribution >= 0.6 is 11.3 Å². The van der Waals surface area contributed by atoms with Crippen LogP contribution in [0.2, 0.25) is 0 Å². The average molecular weight is 492 g/mol. The van der Waals surface area contributed by atoms with E-state index in [4.69, 9.17) is 4.74 Å². The van der Waals surface area contributed by atoms with Gasteiger partial charge in [-0.15, -0.1) is 11.3 Å². The first kappa shape index (κ1) is 24.5. The van der Waals surface area contributed by atoms with Gasteiger partial charge in [0.25, 0.3) is 5.91 Å². The Morgan fingerprint density at radius 1 is 1.03 bits per heavy atom. The topological polar surface area (TPSA) is 87.7 Å². The fraction of sp³-hybridized carbons (Fsp3) is 0.296. The maximum Gasteiger partial charge on any atom is 0.261 e. The number of methoxy groups -OCH3 is 1. The van der Waals surface area contributed by atoms with Gasteiger partial charge in [0.05, 0.1) is 18.5 Å². The molecule has 0 unspecified atom stereocenters. The largest absolute Gasteiger partial charge is 0.497 e. The Kier molecular flexibility index (Phi) is 8.15. The van der Waals surface area contributed by atoms with Crippen molar-refractivity contribution in [1.82, 2.24) is 10.6 Å². The summed E-state index contributed by atoms with van der Waals surface area (Å²) in [4.78, 5) is 41.8. The molecule has 182 valence electrons. The Bertz CT molecular complexity index is 1140. The molecule has 1 aliphatic rings. The number of hydrogen-bond donors (Lipinski definition) is 2. The first-order chi connectivity index (χ1) is 17.1. The SMILES string of the molecule is COc1cccc([C@@H](C(=O)NC2CCCC2)N(C(=O)CNC(=O)c2cccs2)c2ccccc2)c1. The highest BCUT2D eigenvalue weighted by Gasteiger charge is 2.34. The van der Waals surface area contributed by atoms with E-state index in [-0.39, 0.29) is 24.4 Å². The zero-order chi connectivity index (χ0) is 24.6. The summed E-state index contributed by atoms with van der Waals surface area (Å²) in [5, 5.41) is 7.65. The van der Waals surface area contributed by atoms with E-state index in [1.807, 2.05) is 24.3 Å². The zero-order valence-corrected chi connectivity index (χ0v) is 20.4. The molecule has 1 aliphatic carbocycles. The molecule has 7 nitrogen and oxygen atoms in total. The highest BCUT2D eigenvalue weighted by Crippen LogP contribution is 2.31. The Hall–Kier alpha value is -3.65. The summed E-state index contributed by atoms with van der Waals surface area (Å²) in [6, 6.07) is 18.9. The number of ether oxygens (including phenoxy) is 1. The van der Waals surface area contributed by atoms with E-state index >= 15 is 0 Å². The van der Waals surface area contributed by atoms with Gasteiger partial charge in [0, 0.05) is 11.7 Å². The molecular formula is C27H29N3O4S. The van der Waals surface area contributed by atoms with Crippen LogP contribution in [0, 0.1) is 0 Å². The van der Waals surface area contributed by atoms with E-state index in [0.29, 0.717) is 21.9 Å². The fourth-order valence-electron chi connectivity index (χ4n) is 4.34. The van der Waals surface area contributed by atoms with Gasteiger partial charge in [0.2, 0.25) is 11.8 Å². The molecule has 35 heavy (non-hydrogen) atoms. The van der Waals surface area contributed by atoms with Crippen LogP contribution in [-0.2, 0) is 9.59 Å². The van der Waals surface area contributed by atoms with Gasteiger partial charge in [-0.3, -0.25) is 19.3 Å². The molecule has 4 rings (SSSR count). The maximum atomic E-state index is 13.7. The van der Waals surface area contributed by atoms with E-state index < -0.39 is 11.9 Å². The van der Waals surface area contributed by atoms with Crippen molar-refractivity contribution < 1.29 is 19.1 Å². The van der Waals surface area contributed by atoms with Crippen LogP contribution in [0.4, 0.5) is 5.69 Å². The number of hydrogen-bond acceptors (Lipinski definition) is 5. The van der Waals surface area contributed by atoms with E-state index in [1.54, 1.807) is 55.0 Å². The predicted octanol–water partition coefficient (Wildman–Crippen LogP) is 4.32. The Labute approximate surface area is 209 Å². The van der Waals surface area contributed by atoms with Crippen molar-refractivity contribution >= 4 is 34.7 Å². The molecule has 8 heteroatoms. The van der Waals surface area contributed by atoms with Crippen LogP contribution in [-0.4, -0.2) is 37.4 Å². The number of nitrogens with one attached hydrogen (secondary N) is 2. The summed E-state index contributed by atoms with van der Waals surface area (Å²) < 4.78 is 5.39. The van der Waals surface area contributed by atoms with Gasteiger partial charge < -0.3 is 15.4 Å². The molecule has 1 fully saturated rings. The van der Waals surface area contributed by atoms with Crippen LogP contribution in [0.1, 0.15) is 47.0 Å². The fourth-order valence-corrected chi connectivity index (χ4v) is 4.98. The third-order valence-electron chi connectivity index (χ3n) is 6.07. The normalized spacial score (nSPS) is 14.2. The zero-order valence-electron chi connectivity index (χ0n) is 19.6. The minimum Gasteiger partial charge on any atom is -0.497 e. The van der Waals surface area contributed by atoms with Crippen molar-refractivity contribution in [3.8, 4) is 5.75 Å². The van der Waals surface area contributed by atoms with E-state index in [1.165, 1.54) is 16.2 Å². The van der Waals surface area contributed by atoms with Crippen LogP contribution in [0.25, 0.3) is 0 Å². The van der Waals surface area contributed by atoms with Crippen LogP contribution in [0.3, 0.4) is 0 Å². The van der Waals surface area contributed by atoms with Crippen LogP contribution in [0.5, 0.6) is 5.75 Å². The molecule has 1 heterocycles. The summed E-state index contributed by atoms with van der Waals surface area (Å²) >= 11 is 1.30. The molecule has 1 atom stereocenters. The van der Waals surface area contributed by atoms with Crippen LogP contribution in [0.15, 0.2) is 72.1 Å². The van der Waals surface area contributed by atoms with Gasteiger partial charge >= 0.3 is 0 Å². The van der Waals surface area contributed by atoms with Crippen molar-refractivity contribution in [1.29, 1.82) is 0 Å². The Morgan fingerprint density at radius 2 is 1.80 bits per heavy atom. The summed E-state index contributed by atoms with van der Waals surface area (Å²) in [5.74, 6) is -0.384. The number of thiophene rings is 1. The monoisotopic (exact) mass is 491 g/mol. The third kappa shape index (κ3) is 6.08. The standard InChI is InChI=1S/C27H29N3O4S/c1-34-22-14-7-9-19(17-22)25(27(33)29-20-10-5-6-11-20)30(21-12-3-2-4-13-21)24(31)18-28-26(32)23-15-8-16-35-23/h2-4,7-9,12-17,20,25H,5-6,10-11,18H2,1H3,(H,28,32)(H,29,33)/t25-/m0/s1. The molecule has 3 aromatic rings. The van der Waals surface area contributed by atoms with Gasteiger partial charge in [-0.1, -0.05) is 49.2 Å². The number of carbonyl (C=O) groups is 3. The molecule has 0 radical (unpaired) electrons. The third-order valence-corrected chi connectivity index (χ3v) is 6.93. The second-order valence-electron chi connectivity index (χ2n) is 8.43. The lowest BCUT2D eigenvalue weighted by Gasteiger charge is -2.32. The lowest BCUT2D eigenvalue weighted by molar-refractivity contribution is -0.126. The summed E-state index contributed by atoms with van der Waals surface area (Å²) in [7, 11) is 1.56. The molecule has 0 spiro atoms. The molecule has 0 bridgehead atoms. The van der Waals surface area contributed by atoms with Gasteiger partial charge in [-0.05, 0) is 54.1 Å².